The van der Waals surface area contributed by atoms with Gasteiger partial charge in [0.15, 0.2) is 0 Å². The monoisotopic (exact) mass is 512 g/mol. The fourth-order valence-corrected chi connectivity index (χ4v) is 10.4. The highest BCUT2D eigenvalue weighted by molar-refractivity contribution is 7.91. The molecule has 0 bridgehead atoms. The average Bonchev–Trinajstić information content (AvgIpc) is 3.28. The number of aromatic nitrogens is 2. The lowest BCUT2D eigenvalue weighted by molar-refractivity contribution is -0.161. The zero-order valence-electron chi connectivity index (χ0n) is 19.3. The summed E-state index contributed by atoms with van der Waals surface area (Å²) < 4.78 is 30.9. The zero-order valence-corrected chi connectivity index (χ0v) is 21.9. The van der Waals surface area contributed by atoms with Gasteiger partial charge < -0.3 is 15.1 Å². The Balaban J connectivity index is 1.74. The van der Waals surface area contributed by atoms with Gasteiger partial charge in [0.2, 0.25) is 10.9 Å². The first-order valence-corrected chi connectivity index (χ1v) is 15.8. The maximum absolute atomic E-state index is 13.2. The van der Waals surface area contributed by atoms with Crippen LogP contribution < -0.4 is 4.39 Å². The van der Waals surface area contributed by atoms with Crippen LogP contribution in [0.1, 0.15) is 39.0 Å². The number of aliphatic carboxylic acids is 1. The van der Waals surface area contributed by atoms with E-state index in [1.807, 2.05) is 33.9 Å². The average molecular weight is 513 g/mol. The Morgan fingerprint density at radius 3 is 2.55 bits per heavy atom. The van der Waals surface area contributed by atoms with Crippen LogP contribution in [-0.2, 0) is 19.6 Å². The van der Waals surface area contributed by atoms with E-state index in [2.05, 4.69) is 9.37 Å². The van der Waals surface area contributed by atoms with E-state index in [0.717, 1.165) is 11.3 Å². The third-order valence-electron chi connectivity index (χ3n) is 6.93. The van der Waals surface area contributed by atoms with Crippen molar-refractivity contribution in [2.24, 2.45) is 5.92 Å². The normalized spacial score (nSPS) is 22.6. The van der Waals surface area contributed by atoms with E-state index in [1.165, 1.54) is 18.2 Å². The predicted octanol–water partition coefficient (Wildman–Crippen LogP) is 2.09. The van der Waals surface area contributed by atoms with E-state index in [0.29, 0.717) is 15.3 Å². The van der Waals surface area contributed by atoms with Crippen LogP contribution in [0.3, 0.4) is 0 Å². The number of nitrogens with zero attached hydrogens (tertiary/aromatic N) is 3. The molecule has 2 aromatic rings. The van der Waals surface area contributed by atoms with Crippen LogP contribution in [0, 0.1) is 5.92 Å². The van der Waals surface area contributed by atoms with Gasteiger partial charge in [-0.25, -0.2) is 22.6 Å². The minimum Gasteiger partial charge on any atom is -0.477 e. The molecule has 10 nitrogen and oxygen atoms in total. The summed E-state index contributed by atoms with van der Waals surface area (Å²) in [5, 5.41) is 19.4. The maximum Gasteiger partial charge on any atom is 0.352 e. The molecule has 4 heterocycles. The van der Waals surface area contributed by atoms with Gasteiger partial charge in [0.1, 0.15) is 25.1 Å². The molecule has 0 spiro atoms. The Morgan fingerprint density at radius 2 is 2.00 bits per heavy atom. The molecule has 1 fully saturated rings. The summed E-state index contributed by atoms with van der Waals surface area (Å²) in [6.45, 7) is 11.4. The molecule has 2 aliphatic rings. The molecule has 33 heavy (non-hydrogen) atoms. The number of sulfonamides is 1. The lowest BCUT2D eigenvalue weighted by atomic mass is 9.83. The molecule has 2 aromatic heterocycles. The Hall–Kier alpha value is -2.06. The van der Waals surface area contributed by atoms with Crippen LogP contribution in [0.15, 0.2) is 23.2 Å². The highest BCUT2D eigenvalue weighted by atomic mass is 32.2. The van der Waals surface area contributed by atoms with Gasteiger partial charge in [0, 0.05) is 11.8 Å². The van der Waals surface area contributed by atoms with E-state index in [-0.39, 0.29) is 22.2 Å². The lowest BCUT2D eigenvalue weighted by Gasteiger charge is -2.44. The molecule has 4 rings (SSSR count). The number of nitrogens with one attached hydrogen (secondary N) is 1. The summed E-state index contributed by atoms with van der Waals surface area (Å²) >= 11 is 1.13. The Labute approximate surface area is 197 Å². The predicted molar refractivity (Wildman–Crippen MR) is 126 cm³/mol. The molecule has 3 N–H and O–H groups in total. The molecule has 1 amide bonds. The summed E-state index contributed by atoms with van der Waals surface area (Å²) in [6.07, 6.45) is 2.44. The van der Waals surface area contributed by atoms with Gasteiger partial charge in [0.25, 0.3) is 10.0 Å². The third-order valence-corrected chi connectivity index (χ3v) is 15.9. The molecule has 0 saturated carbocycles. The Bertz CT molecular complexity index is 1300. The van der Waals surface area contributed by atoms with Crippen molar-refractivity contribution in [1.29, 1.82) is 0 Å². The van der Waals surface area contributed by atoms with E-state index in [4.69, 9.17) is 0 Å². The fraction of sp³-hybridized carbons (Fsp3) is 0.550. The van der Waals surface area contributed by atoms with Gasteiger partial charge in [-0.05, 0) is 18.4 Å². The molecule has 0 radical (unpaired) electrons. The third kappa shape index (κ3) is 3.66. The minimum absolute atomic E-state index is 0.0970. The SMILES string of the molecule is C[C@@H](O)[C@H]1C(=O)N2C(C(=O)O)=C(c3cn4cnc(S(=O)(=O)N[Si](C)(C)C(C)(C)C)c4s3)C[C@H]12. The number of aliphatic hydroxyl groups is 1. The van der Waals surface area contributed by atoms with Gasteiger partial charge >= 0.3 is 5.97 Å². The number of rotatable bonds is 6. The van der Waals surface area contributed by atoms with Crippen LogP contribution >= 0.6 is 11.3 Å². The van der Waals surface area contributed by atoms with Crippen molar-refractivity contribution in [3.8, 4) is 0 Å². The number of carboxylic acid groups (broad SMARTS) is 1. The summed E-state index contributed by atoms with van der Waals surface area (Å²) in [5.74, 6) is -2.28. The molecular formula is C20H28N4O6S2Si. The van der Waals surface area contributed by atoms with E-state index < -0.39 is 48.2 Å². The molecule has 0 aromatic carbocycles. The summed E-state index contributed by atoms with van der Waals surface area (Å²) in [7, 11) is -6.30. The molecule has 180 valence electrons. The van der Waals surface area contributed by atoms with Crippen molar-refractivity contribution in [3.05, 3.63) is 23.1 Å². The first kappa shape index (κ1) is 24.1. The summed E-state index contributed by atoms with van der Waals surface area (Å²) in [5.41, 5.74) is 0.349. The van der Waals surface area contributed by atoms with Gasteiger partial charge in [-0.3, -0.25) is 9.20 Å². The first-order valence-electron chi connectivity index (χ1n) is 10.6. The number of carboxylic acids is 1. The first-order chi connectivity index (χ1) is 15.1. The van der Waals surface area contributed by atoms with Crippen molar-refractivity contribution in [2.45, 2.75) is 69.4 Å². The Kier molecular flexibility index (Phi) is 5.45. The van der Waals surface area contributed by atoms with Gasteiger partial charge in [-0.2, -0.15) is 0 Å². The minimum atomic E-state index is -3.90. The number of hydrogen-bond acceptors (Lipinski definition) is 7. The van der Waals surface area contributed by atoms with Crippen LogP contribution in [-0.4, -0.2) is 65.2 Å². The second-order valence-corrected chi connectivity index (χ2v) is 18.2. The quantitative estimate of drug-likeness (QED) is 0.397. The molecule has 0 unspecified atom stereocenters. The van der Waals surface area contributed by atoms with Crippen LogP contribution in [0.25, 0.3) is 10.4 Å². The number of amides is 1. The smallest absolute Gasteiger partial charge is 0.352 e. The molecule has 2 aliphatic heterocycles. The van der Waals surface area contributed by atoms with E-state index in [1.54, 1.807) is 10.6 Å². The van der Waals surface area contributed by atoms with E-state index in [9.17, 15) is 28.2 Å². The highest BCUT2D eigenvalue weighted by Gasteiger charge is 2.57. The van der Waals surface area contributed by atoms with Crippen molar-refractivity contribution < 1.29 is 28.2 Å². The van der Waals surface area contributed by atoms with Crippen molar-refractivity contribution >= 4 is 51.9 Å². The number of carbonyl (C=O) groups excluding carboxylic acids is 1. The number of fused-ring (bicyclic) bond motifs is 2. The standard InChI is InChI=1S/C20H28N4O6S2Si/c1-10(25)14-12-7-11(15(19(27)28)24(12)17(14)26)13-8-23-9-21-16(18(23)31-13)32(29,30)22-33(5,6)20(2,3)4/h8-10,12,14,22,25H,7H2,1-6H3,(H,27,28)/t10-,12-,14-/m1/s1. The molecule has 13 heteroatoms. The number of carbonyl (C=O) groups is 2. The topological polar surface area (TPSA) is 141 Å². The number of imidazole rings is 1. The summed E-state index contributed by atoms with van der Waals surface area (Å²) in [6, 6.07) is -0.415. The maximum atomic E-state index is 13.2. The van der Waals surface area contributed by atoms with Crippen molar-refractivity contribution in [2.75, 3.05) is 0 Å². The lowest BCUT2D eigenvalue weighted by Crippen LogP contribution is -2.61. The van der Waals surface area contributed by atoms with Gasteiger partial charge in [0.05, 0.1) is 22.9 Å². The molecule has 3 atom stereocenters. The van der Waals surface area contributed by atoms with Gasteiger partial charge in [-0.15, -0.1) is 11.3 Å². The number of thiazole rings is 1. The number of hydrogen-bond donors (Lipinski definition) is 3. The van der Waals surface area contributed by atoms with Crippen LogP contribution in [0.5, 0.6) is 0 Å². The molecular weight excluding hydrogens is 484 g/mol. The van der Waals surface area contributed by atoms with Crippen LogP contribution in [0.4, 0.5) is 0 Å². The van der Waals surface area contributed by atoms with Crippen molar-refractivity contribution in [3.63, 3.8) is 0 Å². The molecule has 0 aliphatic carbocycles. The number of aliphatic hydroxyl groups excluding tert-OH is 1. The molecule has 1 saturated heterocycles. The largest absolute Gasteiger partial charge is 0.477 e. The number of β-lactam (4-membered cyclic amide) rings is 1. The van der Waals surface area contributed by atoms with Crippen molar-refractivity contribution in [1.82, 2.24) is 18.7 Å². The van der Waals surface area contributed by atoms with E-state index >= 15 is 0 Å². The fourth-order valence-electron chi connectivity index (χ4n) is 4.13. The van der Waals surface area contributed by atoms with Crippen LogP contribution in [0.2, 0.25) is 18.1 Å². The second-order valence-electron chi connectivity index (χ2n) is 10.2. The summed E-state index contributed by atoms with van der Waals surface area (Å²) in [4.78, 5) is 30.8. The second kappa shape index (κ2) is 7.47. The highest BCUT2D eigenvalue weighted by Crippen LogP contribution is 2.48. The Morgan fingerprint density at radius 1 is 1.36 bits per heavy atom. The van der Waals surface area contributed by atoms with Gasteiger partial charge in [-0.1, -0.05) is 33.9 Å². The zero-order chi connectivity index (χ0) is 24.7.